The van der Waals surface area contributed by atoms with Gasteiger partial charge in [-0.1, -0.05) is 72.8 Å². The zero-order chi connectivity index (χ0) is 29.6. The van der Waals surface area contributed by atoms with Crippen molar-refractivity contribution < 1.29 is 19.5 Å². The van der Waals surface area contributed by atoms with Gasteiger partial charge in [0.05, 0.1) is 13.1 Å². The van der Waals surface area contributed by atoms with E-state index >= 15 is 0 Å². The van der Waals surface area contributed by atoms with Gasteiger partial charge in [0.15, 0.2) is 0 Å². The average Bonchev–Trinajstić information content (AvgIpc) is 3.72. The summed E-state index contributed by atoms with van der Waals surface area (Å²) in [5, 5.41) is 19.5. The zero-order valence-corrected chi connectivity index (χ0v) is 25.0. The molecule has 1 atom stereocenters. The van der Waals surface area contributed by atoms with E-state index in [1.165, 1.54) is 4.90 Å². The number of thiophene rings is 2. The minimum absolute atomic E-state index is 0.161. The molecule has 0 radical (unpaired) electrons. The Morgan fingerprint density at radius 3 is 1.86 bits per heavy atom. The molecular formula is C32H36N4O4S2. The summed E-state index contributed by atoms with van der Waals surface area (Å²) < 4.78 is 0. The summed E-state index contributed by atoms with van der Waals surface area (Å²) in [6, 6.07) is 25.8. The lowest BCUT2D eigenvalue weighted by molar-refractivity contribution is -0.134. The van der Waals surface area contributed by atoms with E-state index in [0.29, 0.717) is 52.0 Å². The fraction of sp³-hybridized carbons (Fsp3) is 0.281. The maximum atomic E-state index is 14.0. The molecule has 1 unspecified atom stereocenters. The zero-order valence-electron chi connectivity index (χ0n) is 23.4. The summed E-state index contributed by atoms with van der Waals surface area (Å²) in [5.74, 6) is -0.161. The first-order chi connectivity index (χ1) is 20.5. The number of nitrogens with zero attached hydrogens (tertiary/aromatic N) is 2. The number of unbranched alkanes of at least 4 members (excludes halogenated alkanes) is 1. The highest BCUT2D eigenvalue weighted by atomic mass is 32.1. The van der Waals surface area contributed by atoms with Crippen molar-refractivity contribution in [3.8, 4) is 0 Å². The van der Waals surface area contributed by atoms with Crippen molar-refractivity contribution >= 4 is 40.7 Å². The first-order valence-electron chi connectivity index (χ1n) is 13.9. The van der Waals surface area contributed by atoms with Crippen LogP contribution in [0.5, 0.6) is 0 Å². The predicted octanol–water partition coefficient (Wildman–Crippen LogP) is 6.56. The number of hydrogen-bond donors (Lipinski definition) is 3. The van der Waals surface area contributed by atoms with Crippen molar-refractivity contribution in [1.82, 2.24) is 20.4 Å². The molecule has 0 spiro atoms. The molecule has 4 amide bonds. The molecule has 0 fully saturated rings. The van der Waals surface area contributed by atoms with Crippen LogP contribution in [0.15, 0.2) is 95.7 Å². The quantitative estimate of drug-likeness (QED) is 0.134. The van der Waals surface area contributed by atoms with E-state index in [4.69, 9.17) is 0 Å². The second kappa shape index (κ2) is 16.3. The topological polar surface area (TPSA) is 102 Å². The van der Waals surface area contributed by atoms with Gasteiger partial charge in [-0.15, -0.1) is 22.7 Å². The average molecular weight is 605 g/mol. The Morgan fingerprint density at radius 2 is 1.31 bits per heavy atom. The van der Waals surface area contributed by atoms with Gasteiger partial charge in [-0.05, 0) is 53.3 Å². The predicted molar refractivity (Wildman–Crippen MR) is 167 cm³/mol. The van der Waals surface area contributed by atoms with Gasteiger partial charge in [-0.25, -0.2) is 9.59 Å². The second-order valence-corrected chi connectivity index (χ2v) is 12.0. The highest BCUT2D eigenvalue weighted by molar-refractivity contribution is 7.10. The molecule has 2 aromatic carbocycles. The largest absolute Gasteiger partial charge is 0.465 e. The van der Waals surface area contributed by atoms with E-state index in [1.807, 2.05) is 95.7 Å². The Morgan fingerprint density at radius 1 is 0.714 bits per heavy atom. The van der Waals surface area contributed by atoms with E-state index in [2.05, 4.69) is 10.6 Å². The number of carboxylic acid groups (broad SMARTS) is 1. The molecule has 2 aromatic heterocycles. The third-order valence-electron chi connectivity index (χ3n) is 6.72. The lowest BCUT2D eigenvalue weighted by atomic mass is 10.1. The highest BCUT2D eigenvalue weighted by Crippen LogP contribution is 2.19. The molecular weight excluding hydrogens is 569 g/mol. The lowest BCUT2D eigenvalue weighted by Crippen LogP contribution is -2.50. The molecule has 0 saturated carbocycles. The van der Waals surface area contributed by atoms with Crippen molar-refractivity contribution in [2.75, 3.05) is 6.54 Å². The van der Waals surface area contributed by atoms with Crippen molar-refractivity contribution in [2.45, 2.75) is 51.5 Å². The van der Waals surface area contributed by atoms with Gasteiger partial charge < -0.3 is 25.5 Å². The number of carbonyl (C=O) groups excluding carboxylic acids is 2. The van der Waals surface area contributed by atoms with Crippen molar-refractivity contribution in [1.29, 1.82) is 0 Å². The molecule has 0 aliphatic carbocycles. The normalized spacial score (nSPS) is 11.4. The van der Waals surface area contributed by atoms with Gasteiger partial charge in [0.25, 0.3) is 0 Å². The molecule has 2 heterocycles. The summed E-state index contributed by atoms with van der Waals surface area (Å²) in [6.45, 7) is 1.87. The summed E-state index contributed by atoms with van der Waals surface area (Å²) in [7, 11) is 0. The van der Waals surface area contributed by atoms with Crippen LogP contribution in [0, 0.1) is 0 Å². The highest BCUT2D eigenvalue weighted by Gasteiger charge is 2.27. The third-order valence-corrected chi connectivity index (χ3v) is 8.44. The maximum absolute atomic E-state index is 14.0. The molecule has 0 saturated heterocycles. The minimum Gasteiger partial charge on any atom is -0.465 e. The van der Waals surface area contributed by atoms with Gasteiger partial charge in [0.1, 0.15) is 6.04 Å². The van der Waals surface area contributed by atoms with Gasteiger partial charge in [0, 0.05) is 29.4 Å². The molecule has 3 N–H and O–H groups in total. The van der Waals surface area contributed by atoms with Crippen molar-refractivity contribution in [3.63, 3.8) is 0 Å². The maximum Gasteiger partial charge on any atom is 0.407 e. The molecule has 4 aromatic rings. The van der Waals surface area contributed by atoms with Gasteiger partial charge in [-0.2, -0.15) is 0 Å². The number of hydrogen-bond acceptors (Lipinski definition) is 5. The molecule has 0 aliphatic heterocycles. The van der Waals surface area contributed by atoms with E-state index in [1.54, 1.807) is 27.6 Å². The Kier molecular flexibility index (Phi) is 12.0. The fourth-order valence-corrected chi connectivity index (χ4v) is 5.99. The van der Waals surface area contributed by atoms with Crippen molar-refractivity contribution in [3.05, 3.63) is 117 Å². The Balaban J connectivity index is 1.41. The molecule has 0 bridgehead atoms. The number of amides is 4. The summed E-state index contributed by atoms with van der Waals surface area (Å²) in [4.78, 5) is 44.1. The van der Waals surface area contributed by atoms with Crippen LogP contribution >= 0.6 is 22.7 Å². The minimum atomic E-state index is -0.983. The molecule has 220 valence electrons. The SMILES string of the molecule is O=C(NCc1ccccc1)NC(CCCCN(Cc1ccccc1)C(=O)O)C(=O)N(Cc1cccs1)Cc1cccs1. The Bertz CT molecular complexity index is 1330. The molecule has 8 nitrogen and oxygen atoms in total. The Labute approximate surface area is 254 Å². The number of nitrogens with one attached hydrogen (secondary N) is 2. The summed E-state index contributed by atoms with van der Waals surface area (Å²) in [5.41, 5.74) is 1.88. The van der Waals surface area contributed by atoms with E-state index in [-0.39, 0.29) is 5.91 Å². The van der Waals surface area contributed by atoms with Crippen LogP contribution in [0.4, 0.5) is 9.59 Å². The standard InChI is InChI=1S/C32H36N4O4S2/c37-30(36(23-27-15-9-19-41-27)24-28-16-10-20-42-28)29(34-31(38)33-21-25-11-3-1-4-12-25)17-7-8-18-35(32(39)40)22-26-13-5-2-6-14-26/h1-6,9-16,19-20,29H,7-8,17-18,21-24H2,(H,39,40)(H2,33,34,38). The first kappa shape index (κ1) is 30.8. The van der Waals surface area contributed by atoms with Gasteiger partial charge in [0.2, 0.25) is 5.91 Å². The smallest absolute Gasteiger partial charge is 0.407 e. The van der Waals surface area contributed by atoms with Crippen LogP contribution in [-0.2, 0) is 31.0 Å². The lowest BCUT2D eigenvalue weighted by Gasteiger charge is -2.28. The number of carbonyl (C=O) groups is 3. The van der Waals surface area contributed by atoms with E-state index in [0.717, 1.165) is 20.9 Å². The van der Waals surface area contributed by atoms with E-state index in [9.17, 15) is 19.5 Å². The molecule has 42 heavy (non-hydrogen) atoms. The molecule has 4 rings (SSSR count). The summed E-state index contributed by atoms with van der Waals surface area (Å²) >= 11 is 3.18. The van der Waals surface area contributed by atoms with Crippen LogP contribution in [0.2, 0.25) is 0 Å². The monoisotopic (exact) mass is 604 g/mol. The van der Waals surface area contributed by atoms with Crippen LogP contribution in [-0.4, -0.2) is 45.5 Å². The molecule has 10 heteroatoms. The number of rotatable bonds is 15. The first-order valence-corrected chi connectivity index (χ1v) is 15.7. The van der Waals surface area contributed by atoms with Crippen molar-refractivity contribution in [2.24, 2.45) is 0 Å². The van der Waals surface area contributed by atoms with Crippen LogP contribution in [0.25, 0.3) is 0 Å². The fourth-order valence-electron chi connectivity index (χ4n) is 4.56. The third kappa shape index (κ3) is 10.0. The summed E-state index contributed by atoms with van der Waals surface area (Å²) in [6.07, 6.45) is 0.538. The van der Waals surface area contributed by atoms with Gasteiger partial charge >= 0.3 is 12.1 Å². The van der Waals surface area contributed by atoms with Gasteiger partial charge in [-0.3, -0.25) is 4.79 Å². The van der Waals surface area contributed by atoms with Crippen LogP contribution in [0.3, 0.4) is 0 Å². The number of benzene rings is 2. The molecule has 0 aliphatic rings. The van der Waals surface area contributed by atoms with E-state index < -0.39 is 18.2 Å². The number of urea groups is 1. The van der Waals surface area contributed by atoms with Crippen LogP contribution in [0.1, 0.15) is 40.1 Å². The second-order valence-electron chi connectivity index (χ2n) is 9.90. The van der Waals surface area contributed by atoms with Crippen LogP contribution < -0.4 is 10.6 Å². The Hall–Kier alpha value is -4.15.